The van der Waals surface area contributed by atoms with E-state index in [1.165, 1.54) is 30.1 Å². The van der Waals surface area contributed by atoms with Crippen molar-refractivity contribution in [3.63, 3.8) is 0 Å². The van der Waals surface area contributed by atoms with Crippen molar-refractivity contribution >= 4 is 40.8 Å². The molecule has 260 valence electrons. The quantitative estimate of drug-likeness (QED) is 0.124. The molecule has 1 aromatic heterocycles. The van der Waals surface area contributed by atoms with Gasteiger partial charge in [-0.3, -0.25) is 9.59 Å². The number of hydrogen-bond donors (Lipinski definition) is 3. The second-order valence-corrected chi connectivity index (χ2v) is 13.7. The van der Waals surface area contributed by atoms with E-state index in [0.29, 0.717) is 29.8 Å². The van der Waals surface area contributed by atoms with Gasteiger partial charge in [0.25, 0.3) is 11.8 Å². The number of anilines is 1. The first-order chi connectivity index (χ1) is 23.5. The van der Waals surface area contributed by atoms with Gasteiger partial charge in [0.05, 0.1) is 18.2 Å². The highest BCUT2D eigenvalue weighted by Gasteiger charge is 2.33. The molecule has 2 heterocycles. The number of aliphatic hydroxyl groups is 1. The maximum absolute atomic E-state index is 13.9. The Morgan fingerprint density at radius 2 is 1.80 bits per heavy atom. The number of ether oxygens (including phenoxy) is 1. The van der Waals surface area contributed by atoms with Gasteiger partial charge < -0.3 is 29.7 Å². The molecule has 0 aliphatic carbocycles. The third-order valence-corrected chi connectivity index (χ3v) is 10.1. The van der Waals surface area contributed by atoms with E-state index in [4.69, 9.17) is 0 Å². The van der Waals surface area contributed by atoms with Gasteiger partial charge in [0.2, 0.25) is 0 Å². The molecule has 5 rings (SSSR count). The zero-order valence-electron chi connectivity index (χ0n) is 27.2. The Balaban J connectivity index is 1.33. The van der Waals surface area contributed by atoms with Crippen LogP contribution >= 0.6 is 23.3 Å². The van der Waals surface area contributed by atoms with E-state index < -0.39 is 24.4 Å². The van der Waals surface area contributed by atoms with Gasteiger partial charge >= 0.3 is 6.36 Å². The van der Waals surface area contributed by atoms with E-state index in [2.05, 4.69) is 15.4 Å². The van der Waals surface area contributed by atoms with Crippen LogP contribution in [0.5, 0.6) is 5.75 Å². The minimum Gasteiger partial charge on any atom is -0.406 e. The van der Waals surface area contributed by atoms with Crippen LogP contribution in [0.25, 0.3) is 0 Å². The fourth-order valence-electron chi connectivity index (χ4n) is 5.87. The molecular weight excluding hydrogens is 674 g/mol. The third-order valence-electron chi connectivity index (χ3n) is 8.34. The van der Waals surface area contributed by atoms with Gasteiger partial charge in [-0.25, -0.2) is 0 Å². The molecule has 3 atom stereocenters. The van der Waals surface area contributed by atoms with Crippen LogP contribution in [0.3, 0.4) is 0 Å². The fourth-order valence-corrected chi connectivity index (χ4v) is 7.06. The van der Waals surface area contributed by atoms with Gasteiger partial charge in [-0.15, -0.1) is 24.5 Å². The first kappa shape index (κ1) is 36.2. The molecule has 13 heteroatoms. The SMILES string of the molecule is CSN(C)c1cc(C(=O)NC(Cc2ccccc2)C(O)CNCc2cccc(OC(F)(F)F)c2)cc(C(=O)N2CCCC2c2cccs2)c1. The summed E-state index contributed by atoms with van der Waals surface area (Å²) in [6.07, 6.45) is -1.87. The highest BCUT2D eigenvalue weighted by molar-refractivity contribution is 7.99. The normalized spacial score (nSPS) is 15.9. The van der Waals surface area contributed by atoms with Crippen molar-refractivity contribution in [3.8, 4) is 5.75 Å². The average Bonchev–Trinajstić information content (AvgIpc) is 3.80. The maximum atomic E-state index is 13.9. The number of benzene rings is 3. The summed E-state index contributed by atoms with van der Waals surface area (Å²) in [5, 5.41) is 19.4. The zero-order valence-corrected chi connectivity index (χ0v) is 28.8. The second kappa shape index (κ2) is 16.6. The zero-order chi connectivity index (χ0) is 35.0. The van der Waals surface area contributed by atoms with Crippen LogP contribution in [-0.2, 0) is 13.0 Å². The summed E-state index contributed by atoms with van der Waals surface area (Å²) in [5.41, 5.74) is 2.81. The number of thiophene rings is 1. The molecule has 3 N–H and O–H groups in total. The minimum atomic E-state index is -4.80. The monoisotopic (exact) mass is 712 g/mol. The minimum absolute atomic E-state index is 0.00995. The summed E-state index contributed by atoms with van der Waals surface area (Å²) >= 11 is 3.08. The highest BCUT2D eigenvalue weighted by Crippen LogP contribution is 2.36. The molecule has 1 aliphatic heterocycles. The number of alkyl halides is 3. The summed E-state index contributed by atoms with van der Waals surface area (Å²) in [6, 6.07) is 23.4. The first-order valence-corrected chi connectivity index (χ1v) is 17.9. The molecule has 1 saturated heterocycles. The van der Waals surface area contributed by atoms with Crippen LogP contribution in [0.4, 0.5) is 18.9 Å². The van der Waals surface area contributed by atoms with Crippen LogP contribution in [0.15, 0.2) is 90.3 Å². The average molecular weight is 713 g/mol. The van der Waals surface area contributed by atoms with Crippen molar-refractivity contribution in [1.29, 1.82) is 0 Å². The smallest absolute Gasteiger partial charge is 0.406 e. The molecule has 8 nitrogen and oxygen atoms in total. The lowest BCUT2D eigenvalue weighted by Crippen LogP contribution is -2.48. The van der Waals surface area contributed by atoms with Crippen molar-refractivity contribution in [1.82, 2.24) is 15.5 Å². The van der Waals surface area contributed by atoms with E-state index in [-0.39, 0.29) is 36.4 Å². The summed E-state index contributed by atoms with van der Waals surface area (Å²) in [6.45, 7) is 0.833. The molecule has 0 radical (unpaired) electrons. The molecule has 4 aromatic rings. The summed E-state index contributed by atoms with van der Waals surface area (Å²) < 4.78 is 43.9. The Morgan fingerprint density at radius 1 is 1.04 bits per heavy atom. The van der Waals surface area contributed by atoms with Gasteiger partial charge in [-0.2, -0.15) is 0 Å². The van der Waals surface area contributed by atoms with Crippen molar-refractivity contribution in [3.05, 3.63) is 117 Å². The van der Waals surface area contributed by atoms with Crippen molar-refractivity contribution in [2.75, 3.05) is 30.7 Å². The van der Waals surface area contributed by atoms with E-state index >= 15 is 0 Å². The molecular formula is C36H39F3N4O4S2. The van der Waals surface area contributed by atoms with Gasteiger partial charge in [-0.05, 0) is 72.2 Å². The molecule has 2 amide bonds. The number of aliphatic hydroxyl groups excluding tert-OH is 1. The molecule has 0 saturated carbocycles. The first-order valence-electron chi connectivity index (χ1n) is 15.9. The van der Waals surface area contributed by atoms with E-state index in [1.54, 1.807) is 35.6 Å². The molecule has 0 spiro atoms. The Bertz CT molecular complexity index is 1690. The van der Waals surface area contributed by atoms with Crippen molar-refractivity contribution < 1.29 is 32.6 Å². The molecule has 49 heavy (non-hydrogen) atoms. The van der Waals surface area contributed by atoms with Gasteiger partial charge in [0.15, 0.2) is 0 Å². The summed E-state index contributed by atoms with van der Waals surface area (Å²) in [4.78, 5) is 30.9. The summed E-state index contributed by atoms with van der Waals surface area (Å²) in [5.74, 6) is -0.921. The second-order valence-electron chi connectivity index (χ2n) is 11.8. The van der Waals surface area contributed by atoms with Crippen LogP contribution in [0.1, 0.15) is 55.6 Å². The Morgan fingerprint density at radius 3 is 2.51 bits per heavy atom. The Kier molecular flexibility index (Phi) is 12.3. The number of halogens is 3. The number of nitrogens with zero attached hydrogens (tertiary/aromatic N) is 2. The largest absolute Gasteiger partial charge is 0.573 e. The highest BCUT2D eigenvalue weighted by atomic mass is 32.2. The summed E-state index contributed by atoms with van der Waals surface area (Å²) in [7, 11) is 1.86. The lowest BCUT2D eigenvalue weighted by Gasteiger charge is -2.27. The number of hydrogen-bond acceptors (Lipinski definition) is 8. The number of nitrogens with one attached hydrogen (secondary N) is 2. The molecule has 1 fully saturated rings. The topological polar surface area (TPSA) is 94.1 Å². The van der Waals surface area contributed by atoms with E-state index in [9.17, 15) is 27.9 Å². The van der Waals surface area contributed by atoms with E-state index in [0.717, 1.165) is 23.3 Å². The lowest BCUT2D eigenvalue weighted by molar-refractivity contribution is -0.274. The van der Waals surface area contributed by atoms with Gasteiger partial charge in [0, 0.05) is 54.6 Å². The molecule has 3 unspecified atom stereocenters. The number of carbonyl (C=O) groups is 2. The number of likely N-dealkylation sites (tertiary alicyclic amines) is 1. The van der Waals surface area contributed by atoms with Crippen LogP contribution in [0, 0.1) is 0 Å². The van der Waals surface area contributed by atoms with Gasteiger partial charge in [0.1, 0.15) is 5.75 Å². The van der Waals surface area contributed by atoms with Crippen LogP contribution in [-0.4, -0.2) is 66.7 Å². The van der Waals surface area contributed by atoms with E-state index in [1.807, 2.05) is 70.4 Å². The standard InChI is InChI=1S/C36H39F3N4O4S2/c1-42(48-2)28-20-26(19-27(21-28)35(46)43-15-7-13-31(43)33-14-8-16-49-33)34(45)41-30(18-24-9-4-3-5-10-24)32(44)23-40-22-25-11-6-12-29(17-25)47-36(37,38)39/h3-6,8-12,14,16-17,19-21,30-32,40,44H,7,13,15,18,22-23H2,1-2H3,(H,41,45). The predicted molar refractivity (Wildman–Crippen MR) is 188 cm³/mol. The maximum Gasteiger partial charge on any atom is 0.573 e. The number of amides is 2. The number of rotatable bonds is 14. The Hall–Kier alpha value is -4.04. The lowest BCUT2D eigenvalue weighted by atomic mass is 9.99. The predicted octanol–water partition coefficient (Wildman–Crippen LogP) is 6.83. The fraction of sp³-hybridized carbons (Fsp3) is 0.333. The molecule has 1 aliphatic rings. The van der Waals surface area contributed by atoms with Crippen molar-refractivity contribution in [2.24, 2.45) is 0 Å². The molecule has 3 aromatic carbocycles. The van der Waals surface area contributed by atoms with Crippen molar-refractivity contribution in [2.45, 2.75) is 50.4 Å². The third kappa shape index (κ3) is 10.0. The Labute approximate surface area is 292 Å². The van der Waals surface area contributed by atoms with Crippen LogP contribution < -0.4 is 19.7 Å². The number of carbonyl (C=O) groups excluding carboxylic acids is 2. The van der Waals surface area contributed by atoms with Gasteiger partial charge in [-0.1, -0.05) is 60.5 Å². The van der Waals surface area contributed by atoms with Crippen LogP contribution in [0.2, 0.25) is 0 Å². The molecule has 0 bridgehead atoms.